The van der Waals surface area contributed by atoms with Crippen molar-refractivity contribution in [3.63, 3.8) is 0 Å². The van der Waals surface area contributed by atoms with Gasteiger partial charge in [-0.2, -0.15) is 0 Å². The Kier molecular flexibility index (Phi) is 4.67. The lowest BCUT2D eigenvalue weighted by Gasteiger charge is -2.04. The molecule has 0 aliphatic carbocycles. The third-order valence-electron chi connectivity index (χ3n) is 3.75. The van der Waals surface area contributed by atoms with Gasteiger partial charge in [0, 0.05) is 11.4 Å². The Balaban J connectivity index is 1.80. The van der Waals surface area contributed by atoms with Gasteiger partial charge in [0.15, 0.2) is 0 Å². The lowest BCUT2D eigenvalue weighted by Crippen LogP contribution is -2.25. The molecule has 4 nitrogen and oxygen atoms in total. The molecule has 5 heteroatoms. The van der Waals surface area contributed by atoms with Crippen molar-refractivity contribution in [2.24, 2.45) is 4.99 Å². The number of amidine groups is 1. The van der Waals surface area contributed by atoms with Gasteiger partial charge in [-0.05, 0) is 54.0 Å². The van der Waals surface area contributed by atoms with Crippen LogP contribution in [0, 0.1) is 6.92 Å². The van der Waals surface area contributed by atoms with Gasteiger partial charge in [-0.3, -0.25) is 4.79 Å². The lowest BCUT2D eigenvalue weighted by atomic mass is 10.1. The van der Waals surface area contributed by atoms with Gasteiger partial charge in [-0.15, -0.1) is 0 Å². The molecule has 0 spiro atoms. The van der Waals surface area contributed by atoms with E-state index in [0.717, 1.165) is 22.4 Å². The van der Waals surface area contributed by atoms with Gasteiger partial charge in [0.1, 0.15) is 17.3 Å². The number of carbonyl (C=O) groups is 1. The van der Waals surface area contributed by atoms with Gasteiger partial charge >= 0.3 is 0 Å². The number of carbonyl (C=O) groups excluding carboxylic acids is 1. The molecule has 0 saturated carbocycles. The first-order valence-corrected chi connectivity index (χ1v) is 7.92. The zero-order chi connectivity index (χ0) is 17.1. The molecular formula is C19H17ClN2O2. The van der Waals surface area contributed by atoms with Crippen LogP contribution >= 0.6 is 11.6 Å². The van der Waals surface area contributed by atoms with Crippen molar-refractivity contribution in [2.75, 3.05) is 7.11 Å². The fourth-order valence-electron chi connectivity index (χ4n) is 2.55. The van der Waals surface area contributed by atoms with Crippen LogP contribution in [0.15, 0.2) is 53.2 Å². The number of methoxy groups -OCH3 is 1. The zero-order valence-corrected chi connectivity index (χ0v) is 14.2. The summed E-state index contributed by atoms with van der Waals surface area (Å²) in [6, 6.07) is 13.2. The summed E-state index contributed by atoms with van der Waals surface area (Å²) >= 11 is 5.88. The van der Waals surface area contributed by atoms with Crippen molar-refractivity contribution in [1.29, 1.82) is 0 Å². The first-order valence-electron chi connectivity index (χ1n) is 7.55. The molecule has 0 radical (unpaired) electrons. The molecule has 0 bridgehead atoms. The fraction of sp³-hybridized carbons (Fsp3) is 0.158. The van der Waals surface area contributed by atoms with E-state index in [0.29, 0.717) is 23.0 Å². The summed E-state index contributed by atoms with van der Waals surface area (Å²) in [5, 5.41) is 3.50. The summed E-state index contributed by atoms with van der Waals surface area (Å²) in [5.74, 6) is 1.27. The van der Waals surface area contributed by atoms with E-state index >= 15 is 0 Å². The zero-order valence-electron chi connectivity index (χ0n) is 13.5. The van der Waals surface area contributed by atoms with Gasteiger partial charge in [-0.1, -0.05) is 29.8 Å². The number of aryl methyl sites for hydroxylation is 1. The van der Waals surface area contributed by atoms with Crippen LogP contribution in [0.3, 0.4) is 0 Å². The Bertz CT molecular complexity index is 839. The third kappa shape index (κ3) is 3.66. The van der Waals surface area contributed by atoms with E-state index in [1.807, 2.05) is 49.4 Å². The van der Waals surface area contributed by atoms with Gasteiger partial charge in [0.25, 0.3) is 5.91 Å². The molecule has 1 aliphatic rings. The number of nitrogens with one attached hydrogen (secondary N) is 1. The summed E-state index contributed by atoms with van der Waals surface area (Å²) in [5.41, 5.74) is 3.37. The smallest absolute Gasteiger partial charge is 0.275 e. The monoisotopic (exact) mass is 340 g/mol. The molecular weight excluding hydrogens is 324 g/mol. The number of halogens is 1. The van der Waals surface area contributed by atoms with Crippen LogP contribution in [-0.4, -0.2) is 18.9 Å². The van der Waals surface area contributed by atoms with E-state index in [2.05, 4.69) is 10.3 Å². The molecule has 2 aromatic rings. The number of aliphatic imine (C=N–C) groups is 1. The molecule has 1 heterocycles. The number of hydrogen-bond acceptors (Lipinski definition) is 3. The average Bonchev–Trinajstić information content (AvgIpc) is 2.89. The van der Waals surface area contributed by atoms with Crippen LogP contribution in [0.1, 0.15) is 16.7 Å². The number of amides is 1. The van der Waals surface area contributed by atoms with Crippen LogP contribution in [0.25, 0.3) is 6.08 Å². The van der Waals surface area contributed by atoms with Crippen LogP contribution < -0.4 is 10.1 Å². The maximum absolute atomic E-state index is 12.1. The van der Waals surface area contributed by atoms with Gasteiger partial charge in [0.05, 0.1) is 7.11 Å². The second-order valence-electron chi connectivity index (χ2n) is 5.57. The molecule has 0 unspecified atom stereocenters. The van der Waals surface area contributed by atoms with E-state index in [4.69, 9.17) is 16.3 Å². The molecule has 0 fully saturated rings. The first-order chi connectivity index (χ1) is 11.5. The first kappa shape index (κ1) is 16.3. The molecule has 0 atom stereocenters. The normalized spacial score (nSPS) is 15.4. The Labute approximate surface area is 145 Å². The van der Waals surface area contributed by atoms with Gasteiger partial charge < -0.3 is 10.1 Å². The predicted octanol–water partition coefficient (Wildman–Crippen LogP) is 3.77. The maximum Gasteiger partial charge on any atom is 0.275 e. The molecule has 0 saturated heterocycles. The van der Waals surface area contributed by atoms with Crippen molar-refractivity contribution < 1.29 is 9.53 Å². The summed E-state index contributed by atoms with van der Waals surface area (Å²) in [7, 11) is 1.64. The SMILES string of the molecule is COc1ccc(/C=C2/N=C(Cc3ccc(Cl)cc3)NC2=O)cc1C. The van der Waals surface area contributed by atoms with Crippen molar-refractivity contribution in [3.05, 3.63) is 69.9 Å². The van der Waals surface area contributed by atoms with Crippen molar-refractivity contribution in [1.82, 2.24) is 5.32 Å². The van der Waals surface area contributed by atoms with Crippen LogP contribution in [0.2, 0.25) is 5.02 Å². The average molecular weight is 341 g/mol. The van der Waals surface area contributed by atoms with Crippen molar-refractivity contribution >= 4 is 29.4 Å². The van der Waals surface area contributed by atoms with Crippen LogP contribution in [0.4, 0.5) is 0 Å². The Morgan fingerprint density at radius 3 is 2.62 bits per heavy atom. The molecule has 1 amide bonds. The predicted molar refractivity (Wildman–Crippen MR) is 96.4 cm³/mol. The highest BCUT2D eigenvalue weighted by molar-refractivity contribution is 6.30. The molecule has 2 aromatic carbocycles. The van der Waals surface area contributed by atoms with E-state index < -0.39 is 0 Å². The van der Waals surface area contributed by atoms with Gasteiger partial charge in [0.2, 0.25) is 0 Å². The van der Waals surface area contributed by atoms with E-state index in [-0.39, 0.29) is 5.91 Å². The highest BCUT2D eigenvalue weighted by Gasteiger charge is 2.20. The molecule has 3 rings (SSSR count). The highest BCUT2D eigenvalue weighted by Crippen LogP contribution is 2.21. The van der Waals surface area contributed by atoms with Gasteiger partial charge in [-0.25, -0.2) is 4.99 Å². The van der Waals surface area contributed by atoms with Crippen molar-refractivity contribution in [3.8, 4) is 5.75 Å². The minimum absolute atomic E-state index is 0.188. The maximum atomic E-state index is 12.1. The van der Waals surface area contributed by atoms with E-state index in [9.17, 15) is 4.79 Å². The largest absolute Gasteiger partial charge is 0.496 e. The lowest BCUT2D eigenvalue weighted by molar-refractivity contribution is -0.115. The summed E-state index contributed by atoms with van der Waals surface area (Å²) in [6.07, 6.45) is 2.33. The molecule has 0 aromatic heterocycles. The van der Waals surface area contributed by atoms with E-state index in [1.165, 1.54) is 0 Å². The number of benzene rings is 2. The number of nitrogens with zero attached hydrogens (tertiary/aromatic N) is 1. The highest BCUT2D eigenvalue weighted by atomic mass is 35.5. The standard InChI is InChI=1S/C19H17ClN2O2/c1-12-9-14(5-8-17(12)24-2)10-16-19(23)22-18(21-16)11-13-3-6-15(20)7-4-13/h3-10H,11H2,1-2H3,(H,21,22,23)/b16-10+. The number of hydrogen-bond donors (Lipinski definition) is 1. The van der Waals surface area contributed by atoms with Crippen molar-refractivity contribution in [2.45, 2.75) is 13.3 Å². The minimum atomic E-state index is -0.188. The molecule has 1 N–H and O–H groups in total. The molecule has 1 aliphatic heterocycles. The number of ether oxygens (including phenoxy) is 1. The second kappa shape index (κ2) is 6.89. The summed E-state index contributed by atoms with van der Waals surface area (Å²) in [4.78, 5) is 16.5. The Hall–Kier alpha value is -2.59. The summed E-state index contributed by atoms with van der Waals surface area (Å²) < 4.78 is 5.25. The Morgan fingerprint density at radius 1 is 1.21 bits per heavy atom. The summed E-state index contributed by atoms with van der Waals surface area (Å²) in [6.45, 7) is 1.96. The second-order valence-corrected chi connectivity index (χ2v) is 6.01. The van der Waals surface area contributed by atoms with Crippen LogP contribution in [0.5, 0.6) is 5.75 Å². The van der Waals surface area contributed by atoms with E-state index in [1.54, 1.807) is 13.2 Å². The quantitative estimate of drug-likeness (QED) is 0.861. The van der Waals surface area contributed by atoms with Crippen LogP contribution in [-0.2, 0) is 11.2 Å². The molecule has 24 heavy (non-hydrogen) atoms. The topological polar surface area (TPSA) is 50.7 Å². The third-order valence-corrected chi connectivity index (χ3v) is 4.00. The fourth-order valence-corrected chi connectivity index (χ4v) is 2.67. The number of rotatable bonds is 4. The Morgan fingerprint density at radius 2 is 1.96 bits per heavy atom. The minimum Gasteiger partial charge on any atom is -0.496 e. The molecule has 122 valence electrons.